The van der Waals surface area contributed by atoms with Crippen LogP contribution in [0.5, 0.6) is 11.5 Å². The summed E-state index contributed by atoms with van der Waals surface area (Å²) in [5, 5.41) is 0. The largest absolute Gasteiger partial charge is 0.486 e. The first-order chi connectivity index (χ1) is 11.7. The molecule has 0 unspecified atom stereocenters. The Bertz CT molecular complexity index is 798. The van der Waals surface area contributed by atoms with Gasteiger partial charge in [0.25, 0.3) is 5.91 Å². The highest BCUT2D eigenvalue weighted by molar-refractivity contribution is 7.17. The van der Waals surface area contributed by atoms with E-state index >= 15 is 0 Å². The summed E-state index contributed by atoms with van der Waals surface area (Å²) in [6.45, 7) is 1.09. The first-order valence-corrected chi connectivity index (χ1v) is 8.62. The van der Waals surface area contributed by atoms with Crippen LogP contribution in [0.1, 0.15) is 22.5 Å². The van der Waals surface area contributed by atoms with E-state index in [1.54, 1.807) is 6.07 Å². The number of rotatable bonds is 3. The summed E-state index contributed by atoms with van der Waals surface area (Å²) < 4.78 is 11.1. The first kappa shape index (κ1) is 15.0. The van der Waals surface area contributed by atoms with Gasteiger partial charge in [0.15, 0.2) is 11.5 Å². The van der Waals surface area contributed by atoms with Crippen LogP contribution in [0.3, 0.4) is 0 Å². The third-order valence-electron chi connectivity index (χ3n) is 3.90. The molecule has 1 saturated carbocycles. The van der Waals surface area contributed by atoms with E-state index in [9.17, 15) is 9.59 Å². The number of fused-ring (bicyclic) bond motifs is 1. The third-order valence-corrected chi connectivity index (χ3v) is 5.04. The second-order valence-electron chi connectivity index (χ2n) is 5.74. The van der Waals surface area contributed by atoms with Crippen molar-refractivity contribution in [3.8, 4) is 21.9 Å². The van der Waals surface area contributed by atoms with E-state index < -0.39 is 0 Å². The molecule has 1 aliphatic carbocycles. The number of hydrazine groups is 1. The van der Waals surface area contributed by atoms with Crippen LogP contribution in [0.25, 0.3) is 10.4 Å². The zero-order valence-corrected chi connectivity index (χ0v) is 13.7. The molecule has 24 heavy (non-hydrogen) atoms. The van der Waals surface area contributed by atoms with E-state index in [1.165, 1.54) is 11.3 Å². The number of ether oxygens (including phenoxy) is 2. The topological polar surface area (TPSA) is 76.7 Å². The van der Waals surface area contributed by atoms with Crippen molar-refractivity contribution in [2.45, 2.75) is 12.8 Å². The van der Waals surface area contributed by atoms with E-state index in [-0.39, 0.29) is 17.7 Å². The van der Waals surface area contributed by atoms with Gasteiger partial charge in [-0.15, -0.1) is 11.3 Å². The van der Waals surface area contributed by atoms with Crippen molar-refractivity contribution in [1.29, 1.82) is 0 Å². The van der Waals surface area contributed by atoms with Crippen molar-refractivity contribution in [3.63, 3.8) is 0 Å². The van der Waals surface area contributed by atoms with Crippen molar-refractivity contribution in [1.82, 2.24) is 10.9 Å². The number of nitrogens with one attached hydrogen (secondary N) is 2. The molecular weight excluding hydrogens is 328 g/mol. The average molecular weight is 344 g/mol. The summed E-state index contributed by atoms with van der Waals surface area (Å²) in [5.74, 6) is 1.09. The zero-order valence-electron chi connectivity index (χ0n) is 12.8. The number of hydrogen-bond acceptors (Lipinski definition) is 5. The SMILES string of the molecule is O=C(NNC(=O)C1CC1)c1ccc(-c2ccc3c(c2)OCCO3)s1. The molecule has 2 N–H and O–H groups in total. The molecule has 0 atom stereocenters. The van der Waals surface area contributed by atoms with Crippen LogP contribution >= 0.6 is 11.3 Å². The summed E-state index contributed by atoms with van der Waals surface area (Å²) in [6.07, 6.45) is 1.80. The monoisotopic (exact) mass is 344 g/mol. The fourth-order valence-electron chi connectivity index (χ4n) is 2.44. The van der Waals surface area contributed by atoms with Crippen LogP contribution in [0.4, 0.5) is 0 Å². The third kappa shape index (κ3) is 3.07. The molecule has 1 aliphatic heterocycles. The standard InChI is InChI=1S/C17H16N2O4S/c20-16(10-1-2-10)18-19-17(21)15-6-5-14(24-15)11-3-4-12-13(9-11)23-8-7-22-12/h3-6,9-10H,1-2,7-8H2,(H,18,20)(H,19,21). The second-order valence-corrected chi connectivity index (χ2v) is 6.82. The van der Waals surface area contributed by atoms with Crippen LogP contribution in [0, 0.1) is 5.92 Å². The van der Waals surface area contributed by atoms with Gasteiger partial charge in [0.1, 0.15) is 13.2 Å². The van der Waals surface area contributed by atoms with E-state index in [1.807, 2.05) is 24.3 Å². The molecule has 4 rings (SSSR count). The molecule has 0 radical (unpaired) electrons. The van der Waals surface area contributed by atoms with Crippen LogP contribution in [-0.4, -0.2) is 25.0 Å². The molecular formula is C17H16N2O4S. The van der Waals surface area contributed by atoms with E-state index in [0.29, 0.717) is 18.1 Å². The zero-order chi connectivity index (χ0) is 16.5. The summed E-state index contributed by atoms with van der Waals surface area (Å²) >= 11 is 1.36. The van der Waals surface area contributed by atoms with Gasteiger partial charge < -0.3 is 9.47 Å². The maximum Gasteiger partial charge on any atom is 0.279 e. The van der Waals surface area contributed by atoms with Gasteiger partial charge in [-0.2, -0.15) is 0 Å². The van der Waals surface area contributed by atoms with Gasteiger partial charge in [0.05, 0.1) is 4.88 Å². The normalized spacial score (nSPS) is 15.7. The average Bonchev–Trinajstić information content (AvgIpc) is 3.35. The fraction of sp³-hybridized carbons (Fsp3) is 0.294. The van der Waals surface area contributed by atoms with E-state index in [4.69, 9.17) is 9.47 Å². The molecule has 0 saturated heterocycles. The molecule has 1 aromatic carbocycles. The Morgan fingerprint density at radius 3 is 2.58 bits per heavy atom. The molecule has 0 bridgehead atoms. The predicted molar refractivity (Wildman–Crippen MR) is 89.1 cm³/mol. The van der Waals surface area contributed by atoms with Gasteiger partial charge in [-0.1, -0.05) is 0 Å². The molecule has 1 aromatic heterocycles. The van der Waals surface area contributed by atoms with Crippen molar-refractivity contribution in [3.05, 3.63) is 35.2 Å². The van der Waals surface area contributed by atoms with Crippen molar-refractivity contribution in [2.24, 2.45) is 5.92 Å². The van der Waals surface area contributed by atoms with Gasteiger partial charge in [0, 0.05) is 10.8 Å². The van der Waals surface area contributed by atoms with Gasteiger partial charge in [-0.3, -0.25) is 20.4 Å². The number of amides is 2. The van der Waals surface area contributed by atoms with Gasteiger partial charge >= 0.3 is 0 Å². The Kier molecular flexibility index (Phi) is 3.86. The van der Waals surface area contributed by atoms with Gasteiger partial charge in [0.2, 0.25) is 5.91 Å². The van der Waals surface area contributed by atoms with Crippen molar-refractivity contribution >= 4 is 23.2 Å². The van der Waals surface area contributed by atoms with Gasteiger partial charge in [-0.05, 0) is 48.7 Å². The fourth-order valence-corrected chi connectivity index (χ4v) is 3.34. The molecule has 7 heteroatoms. The van der Waals surface area contributed by atoms with Crippen LogP contribution in [0.2, 0.25) is 0 Å². The molecule has 2 heterocycles. The Labute approximate surface area is 142 Å². The minimum atomic E-state index is -0.308. The van der Waals surface area contributed by atoms with E-state index in [2.05, 4.69) is 10.9 Å². The molecule has 2 aliphatic rings. The Morgan fingerprint density at radius 2 is 1.79 bits per heavy atom. The van der Waals surface area contributed by atoms with Crippen molar-refractivity contribution < 1.29 is 19.1 Å². The first-order valence-electron chi connectivity index (χ1n) is 7.81. The van der Waals surface area contributed by atoms with Crippen LogP contribution in [0.15, 0.2) is 30.3 Å². The van der Waals surface area contributed by atoms with E-state index in [0.717, 1.165) is 34.8 Å². The number of carbonyl (C=O) groups excluding carboxylic acids is 2. The predicted octanol–water partition coefficient (Wildman–Crippen LogP) is 2.36. The quantitative estimate of drug-likeness (QED) is 0.838. The molecule has 2 aromatic rings. The molecule has 1 fully saturated rings. The molecule has 2 amide bonds. The number of benzene rings is 1. The minimum absolute atomic E-state index is 0.0573. The summed E-state index contributed by atoms with van der Waals surface area (Å²) in [5.41, 5.74) is 5.89. The molecule has 0 spiro atoms. The van der Waals surface area contributed by atoms with Crippen LogP contribution < -0.4 is 20.3 Å². The van der Waals surface area contributed by atoms with Crippen molar-refractivity contribution in [2.75, 3.05) is 13.2 Å². The smallest absolute Gasteiger partial charge is 0.279 e. The lowest BCUT2D eigenvalue weighted by Gasteiger charge is -2.18. The maximum absolute atomic E-state index is 12.1. The summed E-state index contributed by atoms with van der Waals surface area (Å²) in [6, 6.07) is 9.36. The summed E-state index contributed by atoms with van der Waals surface area (Å²) in [7, 11) is 0. The number of hydrogen-bond donors (Lipinski definition) is 2. The molecule has 124 valence electrons. The number of thiophene rings is 1. The highest BCUT2D eigenvalue weighted by Crippen LogP contribution is 2.36. The Hall–Kier alpha value is -2.54. The highest BCUT2D eigenvalue weighted by Gasteiger charge is 2.29. The molecule has 6 nitrogen and oxygen atoms in total. The lowest BCUT2D eigenvalue weighted by Crippen LogP contribution is -2.42. The van der Waals surface area contributed by atoms with Gasteiger partial charge in [-0.25, -0.2) is 0 Å². The Morgan fingerprint density at radius 1 is 1.00 bits per heavy atom. The van der Waals surface area contributed by atoms with Crippen LogP contribution in [-0.2, 0) is 4.79 Å². The minimum Gasteiger partial charge on any atom is -0.486 e. The lowest BCUT2D eigenvalue weighted by molar-refractivity contribution is -0.123. The second kappa shape index (κ2) is 6.16. The number of carbonyl (C=O) groups is 2. The maximum atomic E-state index is 12.1. The highest BCUT2D eigenvalue weighted by atomic mass is 32.1. The lowest BCUT2D eigenvalue weighted by atomic mass is 10.1. The Balaban J connectivity index is 1.45. The summed E-state index contributed by atoms with van der Waals surface area (Å²) in [4.78, 5) is 25.2.